The van der Waals surface area contributed by atoms with Crippen LogP contribution in [0.1, 0.15) is 13.3 Å². The Hall–Kier alpha value is -0.130. The monoisotopic (exact) mass is 246 g/mol. The normalized spacial score (nSPS) is 31.6. The third-order valence-electron chi connectivity index (χ3n) is 4.03. The second kappa shape index (κ2) is 4.63. The molecule has 4 nitrogen and oxygen atoms in total. The van der Waals surface area contributed by atoms with E-state index in [-0.39, 0.29) is 6.04 Å². The summed E-state index contributed by atoms with van der Waals surface area (Å²) in [6, 6.07) is 0.250. The minimum Gasteiger partial charge on any atom is -0.316 e. The van der Waals surface area contributed by atoms with Crippen LogP contribution in [0, 0.1) is 11.8 Å². The van der Waals surface area contributed by atoms with E-state index in [9.17, 15) is 8.42 Å². The fourth-order valence-corrected chi connectivity index (χ4v) is 4.39. The van der Waals surface area contributed by atoms with Crippen LogP contribution in [0.15, 0.2) is 0 Å². The van der Waals surface area contributed by atoms with Crippen LogP contribution < -0.4 is 5.32 Å². The topological polar surface area (TPSA) is 49.4 Å². The van der Waals surface area contributed by atoms with E-state index in [0.29, 0.717) is 17.4 Å². The standard InChI is InChI=1S/C11H22N2O2S/c1-9(10-5-12-6-10)7-13(2)11-3-4-16(14,15)8-11/h9-12H,3-8H2,1-2H3. The summed E-state index contributed by atoms with van der Waals surface area (Å²) in [6.45, 7) is 5.54. The highest BCUT2D eigenvalue weighted by atomic mass is 32.2. The van der Waals surface area contributed by atoms with Gasteiger partial charge in [-0.25, -0.2) is 8.42 Å². The zero-order valence-corrected chi connectivity index (χ0v) is 11.0. The predicted molar refractivity (Wildman–Crippen MR) is 65.2 cm³/mol. The fourth-order valence-electron chi connectivity index (χ4n) is 2.59. The van der Waals surface area contributed by atoms with Crippen LogP contribution in [-0.2, 0) is 9.84 Å². The van der Waals surface area contributed by atoms with Gasteiger partial charge in [0.25, 0.3) is 0 Å². The van der Waals surface area contributed by atoms with Crippen molar-refractivity contribution in [3.63, 3.8) is 0 Å². The molecule has 0 amide bonds. The lowest BCUT2D eigenvalue weighted by Crippen LogP contribution is -2.49. The number of sulfone groups is 1. The molecule has 0 aliphatic carbocycles. The van der Waals surface area contributed by atoms with E-state index in [0.717, 1.165) is 32.0 Å². The molecule has 0 radical (unpaired) electrons. The predicted octanol–water partition coefficient (Wildman–Crippen LogP) is -0.0392. The lowest BCUT2D eigenvalue weighted by molar-refractivity contribution is 0.161. The highest BCUT2D eigenvalue weighted by Crippen LogP contribution is 2.21. The van der Waals surface area contributed by atoms with Crippen molar-refractivity contribution >= 4 is 9.84 Å². The van der Waals surface area contributed by atoms with E-state index in [1.165, 1.54) is 0 Å². The highest BCUT2D eigenvalue weighted by molar-refractivity contribution is 7.91. The molecular formula is C11H22N2O2S. The fraction of sp³-hybridized carbons (Fsp3) is 1.00. The number of nitrogens with zero attached hydrogens (tertiary/aromatic N) is 1. The molecule has 2 aliphatic heterocycles. The maximum atomic E-state index is 11.4. The molecule has 2 rings (SSSR count). The Morgan fingerprint density at radius 3 is 2.56 bits per heavy atom. The maximum Gasteiger partial charge on any atom is 0.151 e. The highest BCUT2D eigenvalue weighted by Gasteiger charge is 2.32. The molecule has 2 saturated heterocycles. The minimum atomic E-state index is -2.74. The number of rotatable bonds is 4. The SMILES string of the molecule is CC(CN(C)C1CCS(=O)(=O)C1)C1CNC1. The summed E-state index contributed by atoms with van der Waals surface area (Å²) < 4.78 is 22.8. The Labute approximate surface area is 98.3 Å². The van der Waals surface area contributed by atoms with Crippen molar-refractivity contribution in [2.24, 2.45) is 11.8 Å². The van der Waals surface area contributed by atoms with Gasteiger partial charge in [-0.05, 0) is 38.4 Å². The second-order valence-corrected chi connectivity index (χ2v) is 7.62. The van der Waals surface area contributed by atoms with E-state index in [4.69, 9.17) is 0 Å². The van der Waals surface area contributed by atoms with Crippen LogP contribution in [0.25, 0.3) is 0 Å². The smallest absolute Gasteiger partial charge is 0.151 e. The maximum absolute atomic E-state index is 11.4. The third-order valence-corrected chi connectivity index (χ3v) is 5.78. The van der Waals surface area contributed by atoms with Gasteiger partial charge in [0.05, 0.1) is 11.5 Å². The van der Waals surface area contributed by atoms with Crippen molar-refractivity contribution in [2.75, 3.05) is 38.2 Å². The van der Waals surface area contributed by atoms with Crippen LogP contribution in [0.2, 0.25) is 0 Å². The summed E-state index contributed by atoms with van der Waals surface area (Å²) >= 11 is 0. The lowest BCUT2D eigenvalue weighted by atomic mass is 9.88. The van der Waals surface area contributed by atoms with Gasteiger partial charge in [-0.2, -0.15) is 0 Å². The molecule has 0 spiro atoms. The zero-order chi connectivity index (χ0) is 11.8. The molecule has 2 aliphatic rings. The number of hydrogen-bond donors (Lipinski definition) is 1. The van der Waals surface area contributed by atoms with Gasteiger partial charge in [0.1, 0.15) is 0 Å². The van der Waals surface area contributed by atoms with Crippen LogP contribution in [-0.4, -0.2) is 57.5 Å². The van der Waals surface area contributed by atoms with E-state index in [1.807, 2.05) is 0 Å². The van der Waals surface area contributed by atoms with Crippen LogP contribution in [0.4, 0.5) is 0 Å². The Balaban J connectivity index is 1.81. The molecule has 0 bridgehead atoms. The molecule has 0 saturated carbocycles. The number of hydrogen-bond acceptors (Lipinski definition) is 4. The molecule has 0 aromatic rings. The first-order valence-corrected chi connectivity index (χ1v) is 7.91. The van der Waals surface area contributed by atoms with Gasteiger partial charge in [-0.1, -0.05) is 6.92 Å². The van der Waals surface area contributed by atoms with Crippen LogP contribution in [0.3, 0.4) is 0 Å². The molecule has 2 fully saturated rings. The Kier molecular flexibility index (Phi) is 3.56. The molecule has 1 N–H and O–H groups in total. The summed E-state index contributed by atoms with van der Waals surface area (Å²) in [5.74, 6) is 2.18. The quantitative estimate of drug-likeness (QED) is 0.756. The van der Waals surface area contributed by atoms with E-state index in [1.54, 1.807) is 0 Å². The van der Waals surface area contributed by atoms with E-state index in [2.05, 4.69) is 24.2 Å². The van der Waals surface area contributed by atoms with Crippen molar-refractivity contribution in [1.29, 1.82) is 0 Å². The van der Waals surface area contributed by atoms with Gasteiger partial charge in [0, 0.05) is 12.6 Å². The first-order valence-electron chi connectivity index (χ1n) is 6.09. The van der Waals surface area contributed by atoms with Gasteiger partial charge in [-0.3, -0.25) is 0 Å². The minimum absolute atomic E-state index is 0.250. The molecule has 2 unspecified atom stereocenters. The summed E-state index contributed by atoms with van der Waals surface area (Å²) in [5.41, 5.74) is 0. The Morgan fingerprint density at radius 1 is 1.44 bits per heavy atom. The van der Waals surface area contributed by atoms with Crippen LogP contribution >= 0.6 is 0 Å². The largest absolute Gasteiger partial charge is 0.316 e. The van der Waals surface area contributed by atoms with Gasteiger partial charge in [0.15, 0.2) is 9.84 Å². The molecule has 16 heavy (non-hydrogen) atoms. The van der Waals surface area contributed by atoms with Crippen LogP contribution in [0.5, 0.6) is 0 Å². The van der Waals surface area contributed by atoms with Gasteiger partial charge in [0.2, 0.25) is 0 Å². The summed E-state index contributed by atoms with van der Waals surface area (Å²) in [7, 11) is -0.679. The molecule has 5 heteroatoms. The summed E-state index contributed by atoms with van der Waals surface area (Å²) in [4.78, 5) is 2.24. The molecule has 2 atom stereocenters. The average molecular weight is 246 g/mol. The zero-order valence-electron chi connectivity index (χ0n) is 10.1. The van der Waals surface area contributed by atoms with Crippen molar-refractivity contribution in [3.05, 3.63) is 0 Å². The van der Waals surface area contributed by atoms with Crippen molar-refractivity contribution in [2.45, 2.75) is 19.4 Å². The van der Waals surface area contributed by atoms with E-state index >= 15 is 0 Å². The van der Waals surface area contributed by atoms with Crippen molar-refractivity contribution in [1.82, 2.24) is 10.2 Å². The average Bonchev–Trinajstić information content (AvgIpc) is 2.42. The third kappa shape index (κ3) is 2.76. The van der Waals surface area contributed by atoms with Gasteiger partial charge in [-0.15, -0.1) is 0 Å². The van der Waals surface area contributed by atoms with Crippen molar-refractivity contribution in [3.8, 4) is 0 Å². The van der Waals surface area contributed by atoms with Gasteiger partial charge >= 0.3 is 0 Å². The van der Waals surface area contributed by atoms with Crippen molar-refractivity contribution < 1.29 is 8.42 Å². The number of nitrogens with one attached hydrogen (secondary N) is 1. The lowest BCUT2D eigenvalue weighted by Gasteiger charge is -2.36. The first-order chi connectivity index (χ1) is 7.48. The Bertz CT molecular complexity index is 338. The van der Waals surface area contributed by atoms with E-state index < -0.39 is 9.84 Å². The second-order valence-electron chi connectivity index (χ2n) is 5.39. The molecule has 94 valence electrons. The van der Waals surface area contributed by atoms with Gasteiger partial charge < -0.3 is 10.2 Å². The molecule has 0 aromatic carbocycles. The molecule has 2 heterocycles. The summed E-state index contributed by atoms with van der Waals surface area (Å²) in [6.07, 6.45) is 0.814. The molecule has 0 aromatic heterocycles. The molecular weight excluding hydrogens is 224 g/mol. The first kappa shape index (κ1) is 12.3. The Morgan fingerprint density at radius 2 is 2.12 bits per heavy atom. The summed E-state index contributed by atoms with van der Waals surface area (Å²) in [5, 5.41) is 3.28.